The fraction of sp³-hybridized carbons (Fsp3) is 0.579. The van der Waals surface area contributed by atoms with E-state index in [4.69, 9.17) is 15.9 Å². The van der Waals surface area contributed by atoms with Crippen molar-refractivity contribution in [2.45, 2.75) is 137 Å². The third-order valence-electron chi connectivity index (χ3n) is 13.4. The van der Waals surface area contributed by atoms with E-state index in [2.05, 4.69) is 31.0 Å². The zero-order valence-corrected chi connectivity index (χ0v) is 44.5. The number of nitrogens with one attached hydrogen (secondary N) is 2. The number of piperidine rings is 2. The van der Waals surface area contributed by atoms with Gasteiger partial charge < -0.3 is 40.8 Å². The molecule has 1 aliphatic carbocycles. The number of nitrogens with two attached hydrogens (primary N) is 1. The summed E-state index contributed by atoms with van der Waals surface area (Å²) in [7, 11) is 0. The van der Waals surface area contributed by atoms with Gasteiger partial charge in [0.15, 0.2) is 0 Å². The van der Waals surface area contributed by atoms with Crippen LogP contribution in [-0.4, -0.2) is 157 Å². The van der Waals surface area contributed by atoms with Crippen LogP contribution in [0.25, 0.3) is 0 Å². The molecule has 4 aliphatic rings. The molecule has 1 saturated carbocycles. The minimum atomic E-state index is -0.657. The molecular weight excluding hydrogens is 912 g/mol. The van der Waals surface area contributed by atoms with E-state index < -0.39 is 17.6 Å². The quantitative estimate of drug-likeness (QED) is 0.101. The number of halogens is 1. The molecule has 3 aromatic carbocycles. The molecule has 15 heteroatoms. The third-order valence-corrected chi connectivity index (χ3v) is 13.4. The number of benzene rings is 3. The molecule has 4 N–H and O–H groups in total. The Morgan fingerprint density at radius 1 is 0.667 bits per heavy atom. The summed E-state index contributed by atoms with van der Waals surface area (Å²) in [5.74, 6) is -1.60. The Kier molecular flexibility index (Phi) is 25.6. The van der Waals surface area contributed by atoms with Crippen molar-refractivity contribution in [1.29, 1.82) is 5.41 Å². The van der Waals surface area contributed by atoms with Crippen molar-refractivity contribution in [3.05, 3.63) is 106 Å². The Bertz CT molecular complexity index is 2190. The lowest BCUT2D eigenvalue weighted by atomic mass is 9.96. The number of ether oxygens (including phenoxy) is 1. The molecule has 396 valence electrons. The first-order valence-electron chi connectivity index (χ1n) is 27.0. The van der Waals surface area contributed by atoms with E-state index in [0.29, 0.717) is 68.4 Å². The maximum atomic E-state index is 15.0. The first-order chi connectivity index (χ1) is 34.9. The van der Waals surface area contributed by atoms with Crippen LogP contribution in [0.2, 0.25) is 0 Å². The molecule has 0 unspecified atom stereocenters. The highest BCUT2D eigenvalue weighted by Gasteiger charge is 2.31. The van der Waals surface area contributed by atoms with Crippen molar-refractivity contribution in [3.63, 3.8) is 0 Å². The number of carbonyl (C=O) groups is 5. The van der Waals surface area contributed by atoms with Crippen LogP contribution >= 0.6 is 0 Å². The van der Waals surface area contributed by atoms with Crippen LogP contribution in [0.5, 0.6) is 0 Å². The summed E-state index contributed by atoms with van der Waals surface area (Å²) in [4.78, 5) is 74.4. The highest BCUT2D eigenvalue weighted by atomic mass is 19.1. The average Bonchev–Trinajstić information content (AvgIpc) is 4.26. The Hall–Kier alpha value is -5.51. The van der Waals surface area contributed by atoms with Crippen LogP contribution in [0.4, 0.5) is 4.39 Å². The standard InChI is InChI=1S/C49H63FN8O6.C4H10.2C2H6/c1-2-19-55(45(59)32-53-37-11-12-37)22-14-34-6-5-7-36(29-34)48(62)57-23-17-39(18-24-57)64-38-15-20-54(21-16-38)33-46(60)56-25-27-58(28-26-56)49(63)42-30-35(10-13-43(42)50)31-44(51)40-8-3-4-9-41(40)47(52)61;1-3-4-2;2*1-2/h3-10,13,29-30,37-39,51,53H,2,11-12,14-28,31-33H2,1H3,(H2,52,61);3-4H2,1-2H3;2*1-2H3. The van der Waals surface area contributed by atoms with Gasteiger partial charge in [-0.15, -0.1) is 0 Å². The Labute approximate surface area is 429 Å². The van der Waals surface area contributed by atoms with Gasteiger partial charge in [0.2, 0.25) is 17.7 Å². The summed E-state index contributed by atoms with van der Waals surface area (Å²) in [6.45, 7) is 20.5. The number of piperazine rings is 1. The van der Waals surface area contributed by atoms with Gasteiger partial charge in [-0.25, -0.2) is 4.39 Å². The predicted octanol–water partition coefficient (Wildman–Crippen LogP) is 8.00. The van der Waals surface area contributed by atoms with Crippen molar-refractivity contribution in [2.75, 3.05) is 78.5 Å². The number of amides is 5. The lowest BCUT2D eigenvalue weighted by molar-refractivity contribution is -0.135. The number of unbranched alkanes of at least 4 members (excludes halogenated alkanes) is 1. The second-order valence-electron chi connectivity index (χ2n) is 18.6. The van der Waals surface area contributed by atoms with Gasteiger partial charge >= 0.3 is 0 Å². The molecule has 3 aromatic rings. The molecule has 0 aromatic heterocycles. The van der Waals surface area contributed by atoms with Gasteiger partial charge in [-0.2, -0.15) is 0 Å². The van der Waals surface area contributed by atoms with Crippen LogP contribution in [0, 0.1) is 11.2 Å². The van der Waals surface area contributed by atoms with E-state index in [9.17, 15) is 28.4 Å². The molecule has 0 bridgehead atoms. The number of rotatable bonds is 19. The SMILES string of the molecule is CC.CC.CCCC.CCCN(CCc1cccc(C(=O)N2CCC(OC3CCN(CC(=O)N4CCN(C(=O)c5cc(CC(=N)c6ccccc6C(N)=O)ccc5F)CC4)CC3)CC2)c1)C(=O)CNC1CC1. The van der Waals surface area contributed by atoms with E-state index in [-0.39, 0.29) is 72.8 Å². The molecule has 5 amide bonds. The third kappa shape index (κ3) is 18.2. The van der Waals surface area contributed by atoms with E-state index in [0.717, 1.165) is 70.1 Å². The molecule has 0 radical (unpaired) electrons. The van der Waals surface area contributed by atoms with Gasteiger partial charge in [0, 0.05) is 100 Å². The fourth-order valence-corrected chi connectivity index (χ4v) is 8.97. The van der Waals surface area contributed by atoms with Gasteiger partial charge in [-0.3, -0.25) is 28.9 Å². The highest BCUT2D eigenvalue weighted by Crippen LogP contribution is 2.24. The lowest BCUT2D eigenvalue weighted by Gasteiger charge is -2.38. The number of carbonyl (C=O) groups excluding carboxylic acids is 5. The zero-order chi connectivity index (χ0) is 52.6. The number of hydrogen-bond acceptors (Lipinski definition) is 9. The second kappa shape index (κ2) is 31.2. The van der Waals surface area contributed by atoms with Gasteiger partial charge in [0.05, 0.1) is 30.9 Å². The average molecular weight is 997 g/mol. The van der Waals surface area contributed by atoms with Crippen molar-refractivity contribution in [2.24, 2.45) is 5.73 Å². The summed E-state index contributed by atoms with van der Waals surface area (Å²) >= 11 is 0. The largest absolute Gasteiger partial charge is 0.375 e. The Morgan fingerprint density at radius 2 is 1.26 bits per heavy atom. The summed E-state index contributed by atoms with van der Waals surface area (Å²) in [6, 6.07) is 19.1. The first kappa shape index (κ1) is 59.1. The van der Waals surface area contributed by atoms with E-state index >= 15 is 0 Å². The number of hydrogen-bond donors (Lipinski definition) is 3. The van der Waals surface area contributed by atoms with Crippen LogP contribution in [0.1, 0.15) is 154 Å². The van der Waals surface area contributed by atoms with Crippen molar-refractivity contribution in [1.82, 2.24) is 29.8 Å². The van der Waals surface area contributed by atoms with Gasteiger partial charge in [-0.1, -0.05) is 97.7 Å². The first-order valence-corrected chi connectivity index (χ1v) is 27.0. The summed E-state index contributed by atoms with van der Waals surface area (Å²) in [5.41, 5.74) is 8.43. The lowest BCUT2D eigenvalue weighted by Crippen LogP contribution is -2.53. The van der Waals surface area contributed by atoms with Crippen molar-refractivity contribution in [3.8, 4) is 0 Å². The van der Waals surface area contributed by atoms with Crippen LogP contribution in [0.15, 0.2) is 66.7 Å². The maximum Gasteiger partial charge on any atom is 0.256 e. The smallest absolute Gasteiger partial charge is 0.256 e. The predicted molar refractivity (Wildman–Crippen MR) is 285 cm³/mol. The van der Waals surface area contributed by atoms with Gasteiger partial charge in [0.25, 0.3) is 11.8 Å². The topological polar surface area (TPSA) is 173 Å². The Balaban J connectivity index is 0.00000132. The minimum Gasteiger partial charge on any atom is -0.375 e. The summed E-state index contributed by atoms with van der Waals surface area (Å²) < 4.78 is 21.5. The molecule has 7 rings (SSSR count). The molecule has 72 heavy (non-hydrogen) atoms. The summed E-state index contributed by atoms with van der Waals surface area (Å²) in [5, 5.41) is 11.9. The number of primary amides is 1. The van der Waals surface area contributed by atoms with Crippen LogP contribution in [-0.2, 0) is 27.2 Å². The van der Waals surface area contributed by atoms with Crippen LogP contribution < -0.4 is 11.1 Å². The summed E-state index contributed by atoms with van der Waals surface area (Å²) in [6.07, 6.45) is 10.0. The number of nitrogens with zero attached hydrogens (tertiary/aromatic N) is 5. The Morgan fingerprint density at radius 3 is 1.86 bits per heavy atom. The molecule has 14 nitrogen and oxygen atoms in total. The van der Waals surface area contributed by atoms with E-state index in [1.165, 1.54) is 31.0 Å². The van der Waals surface area contributed by atoms with Gasteiger partial charge in [0.1, 0.15) is 5.82 Å². The second-order valence-corrected chi connectivity index (χ2v) is 18.6. The molecule has 0 spiro atoms. The molecule has 3 heterocycles. The molecular formula is C57H85FN8O6. The number of likely N-dealkylation sites (tertiary alicyclic amines) is 2. The molecule has 3 saturated heterocycles. The van der Waals surface area contributed by atoms with E-state index in [1.807, 2.05) is 61.8 Å². The molecule has 4 fully saturated rings. The minimum absolute atomic E-state index is 0.00207. The zero-order valence-electron chi connectivity index (χ0n) is 44.5. The van der Waals surface area contributed by atoms with E-state index in [1.54, 1.807) is 34.1 Å². The molecule has 0 atom stereocenters. The van der Waals surface area contributed by atoms with Crippen LogP contribution in [0.3, 0.4) is 0 Å². The normalized spacial score (nSPS) is 16.2. The monoisotopic (exact) mass is 997 g/mol. The van der Waals surface area contributed by atoms with Crippen molar-refractivity contribution >= 4 is 35.2 Å². The van der Waals surface area contributed by atoms with Crippen molar-refractivity contribution < 1.29 is 33.1 Å². The highest BCUT2D eigenvalue weighted by molar-refractivity contribution is 6.09. The molecule has 3 aliphatic heterocycles. The van der Waals surface area contributed by atoms with Gasteiger partial charge in [-0.05, 0) is 92.8 Å². The fourth-order valence-electron chi connectivity index (χ4n) is 8.97. The maximum absolute atomic E-state index is 15.0.